The molecule has 0 aromatic heterocycles. The van der Waals surface area contributed by atoms with Crippen molar-refractivity contribution < 1.29 is 0 Å². The zero-order chi connectivity index (χ0) is 34.6. The lowest BCUT2D eigenvalue weighted by atomic mass is 9.75. The Bertz CT molecular complexity index is 2170. The highest BCUT2D eigenvalue weighted by molar-refractivity contribution is 5.91. The minimum absolute atomic E-state index is 0.0851. The van der Waals surface area contributed by atoms with Crippen LogP contribution in [0.5, 0.6) is 0 Å². The molecule has 262 valence electrons. The minimum atomic E-state index is -0.0851. The maximum Gasteiger partial charge on any atom is 0.0465 e. The lowest BCUT2D eigenvalue weighted by Gasteiger charge is -2.29. The molecule has 3 unspecified atom stereocenters. The Balaban J connectivity index is 1.00. The predicted molar refractivity (Wildman–Crippen MR) is 217 cm³/mol. The number of hydrogen-bond acceptors (Lipinski definition) is 1. The van der Waals surface area contributed by atoms with Gasteiger partial charge in [-0.1, -0.05) is 107 Å². The fourth-order valence-electron chi connectivity index (χ4n) is 12.6. The molecule has 4 saturated carbocycles. The number of benzene rings is 5. The van der Waals surface area contributed by atoms with Crippen molar-refractivity contribution in [2.45, 2.75) is 120 Å². The first kappa shape index (κ1) is 31.4. The van der Waals surface area contributed by atoms with Crippen LogP contribution in [0.4, 0.5) is 17.1 Å². The maximum absolute atomic E-state index is 2.64. The van der Waals surface area contributed by atoms with Gasteiger partial charge >= 0.3 is 0 Å². The van der Waals surface area contributed by atoms with Crippen LogP contribution in [0, 0.1) is 11.8 Å². The van der Waals surface area contributed by atoms with E-state index in [0.717, 1.165) is 17.8 Å². The molecule has 0 N–H and O–H groups in total. The normalized spacial score (nSPS) is 24.5. The maximum atomic E-state index is 2.64. The highest BCUT2D eigenvalue weighted by atomic mass is 15.1. The van der Waals surface area contributed by atoms with E-state index < -0.39 is 0 Å². The number of anilines is 3. The van der Waals surface area contributed by atoms with Gasteiger partial charge in [-0.3, -0.25) is 0 Å². The molecule has 0 amide bonds. The molecule has 4 fully saturated rings. The van der Waals surface area contributed by atoms with Gasteiger partial charge in [-0.15, -0.1) is 0 Å². The molecular formula is C51H53N. The molecule has 11 rings (SSSR count). The highest BCUT2D eigenvalue weighted by Gasteiger charge is 2.47. The Morgan fingerprint density at radius 1 is 0.500 bits per heavy atom. The van der Waals surface area contributed by atoms with E-state index in [1.54, 1.807) is 16.7 Å². The number of fused-ring (bicyclic) bond motifs is 10. The summed E-state index contributed by atoms with van der Waals surface area (Å²) in [6.07, 6.45) is 17.8. The second-order valence-electron chi connectivity index (χ2n) is 18.3. The molecule has 3 atom stereocenters. The van der Waals surface area contributed by atoms with E-state index in [9.17, 15) is 0 Å². The molecule has 5 aromatic carbocycles. The van der Waals surface area contributed by atoms with Crippen molar-refractivity contribution >= 4 is 17.1 Å². The zero-order valence-electron chi connectivity index (χ0n) is 31.3. The Morgan fingerprint density at radius 3 is 1.85 bits per heavy atom. The van der Waals surface area contributed by atoms with Crippen LogP contribution in [-0.4, -0.2) is 0 Å². The van der Waals surface area contributed by atoms with Crippen molar-refractivity contribution in [2.24, 2.45) is 11.8 Å². The third-order valence-electron chi connectivity index (χ3n) is 15.3. The second-order valence-corrected chi connectivity index (χ2v) is 18.3. The van der Waals surface area contributed by atoms with E-state index in [0.29, 0.717) is 5.92 Å². The van der Waals surface area contributed by atoms with Crippen molar-refractivity contribution in [2.75, 3.05) is 4.90 Å². The number of nitrogens with zero attached hydrogens (tertiary/aromatic N) is 1. The summed E-state index contributed by atoms with van der Waals surface area (Å²) in [4.78, 5) is 2.54. The summed E-state index contributed by atoms with van der Waals surface area (Å²) in [5.41, 5.74) is 19.0. The molecule has 0 radical (unpaired) electrons. The third-order valence-corrected chi connectivity index (χ3v) is 15.3. The van der Waals surface area contributed by atoms with Crippen LogP contribution < -0.4 is 4.90 Å². The standard InChI is InChI=1S/C51H53N/c1-50(2)47-30-40(24-25-42(47)44-32-49-45(31-48(44)50)41-12-6-7-13-46(41)51(49)26-8-9-27-51)52(38-20-16-35(17-21-38)34-10-4-3-5-11-34)39-22-18-36(19-23-39)43-29-33-14-15-37(43)28-33/h6-7,12-13,16-25,30-34,37,43H,3-5,8-11,14-15,26-29H2,1-2H3. The SMILES string of the molecule is CC1(C)c2cc(N(c3ccc(C4CCCCC4)cc3)c3ccc(C4CC5CCC4C5)cc3)ccc2-c2cc3c(cc21)-c1ccccc1C31CCCC1. The Hall–Kier alpha value is -4.10. The molecule has 2 bridgehead atoms. The van der Waals surface area contributed by atoms with E-state index >= 15 is 0 Å². The van der Waals surface area contributed by atoms with Crippen molar-refractivity contribution in [3.8, 4) is 22.3 Å². The molecule has 52 heavy (non-hydrogen) atoms. The third kappa shape index (κ3) is 4.60. The first-order valence-corrected chi connectivity index (χ1v) is 20.9. The topological polar surface area (TPSA) is 3.24 Å². The van der Waals surface area contributed by atoms with Gasteiger partial charge in [0.25, 0.3) is 0 Å². The fourth-order valence-corrected chi connectivity index (χ4v) is 12.6. The van der Waals surface area contributed by atoms with Gasteiger partial charge in [0.1, 0.15) is 0 Å². The summed E-state index contributed by atoms with van der Waals surface area (Å²) >= 11 is 0. The van der Waals surface area contributed by atoms with Crippen LogP contribution in [0.25, 0.3) is 22.3 Å². The van der Waals surface area contributed by atoms with E-state index in [4.69, 9.17) is 0 Å². The van der Waals surface area contributed by atoms with Crippen LogP contribution in [0.15, 0.2) is 103 Å². The first-order valence-electron chi connectivity index (χ1n) is 20.9. The van der Waals surface area contributed by atoms with Crippen LogP contribution in [0.3, 0.4) is 0 Å². The van der Waals surface area contributed by atoms with Crippen molar-refractivity contribution in [1.82, 2.24) is 0 Å². The second kappa shape index (κ2) is 11.7. The molecule has 6 aliphatic carbocycles. The van der Waals surface area contributed by atoms with Crippen LogP contribution >= 0.6 is 0 Å². The van der Waals surface area contributed by atoms with Crippen molar-refractivity contribution in [1.29, 1.82) is 0 Å². The summed E-state index contributed by atoms with van der Waals surface area (Å²) in [5.74, 6) is 3.34. The number of rotatable bonds is 5. The minimum Gasteiger partial charge on any atom is -0.310 e. The zero-order valence-corrected chi connectivity index (χ0v) is 31.3. The van der Waals surface area contributed by atoms with Crippen molar-refractivity contribution in [3.05, 3.63) is 137 Å². The molecule has 6 aliphatic rings. The van der Waals surface area contributed by atoms with Gasteiger partial charge < -0.3 is 4.90 Å². The quantitative estimate of drug-likeness (QED) is 0.179. The first-order chi connectivity index (χ1) is 25.5. The lowest BCUT2D eigenvalue weighted by molar-refractivity contribution is 0.420. The molecule has 1 spiro atoms. The Morgan fingerprint density at radius 2 is 1.13 bits per heavy atom. The molecule has 0 saturated heterocycles. The smallest absolute Gasteiger partial charge is 0.0465 e. The summed E-state index contributed by atoms with van der Waals surface area (Å²) in [7, 11) is 0. The summed E-state index contributed by atoms with van der Waals surface area (Å²) in [6, 6.07) is 41.5. The molecule has 0 aliphatic heterocycles. The van der Waals surface area contributed by atoms with Gasteiger partial charge in [-0.05, 0) is 173 Å². The number of hydrogen-bond donors (Lipinski definition) is 0. The fraction of sp³-hybridized carbons (Fsp3) is 0.412. The van der Waals surface area contributed by atoms with E-state index in [1.807, 2.05) is 0 Å². The van der Waals surface area contributed by atoms with Gasteiger partial charge in [0.05, 0.1) is 0 Å². The van der Waals surface area contributed by atoms with Crippen molar-refractivity contribution in [3.63, 3.8) is 0 Å². The largest absolute Gasteiger partial charge is 0.310 e. The van der Waals surface area contributed by atoms with E-state index in [-0.39, 0.29) is 10.8 Å². The molecular weight excluding hydrogens is 627 g/mol. The lowest BCUT2D eigenvalue weighted by Crippen LogP contribution is -2.21. The van der Waals surface area contributed by atoms with Gasteiger partial charge in [-0.2, -0.15) is 0 Å². The Labute approximate surface area is 311 Å². The van der Waals surface area contributed by atoms with Gasteiger partial charge in [0.2, 0.25) is 0 Å². The van der Waals surface area contributed by atoms with Gasteiger partial charge in [0.15, 0.2) is 0 Å². The van der Waals surface area contributed by atoms with Gasteiger partial charge in [-0.25, -0.2) is 0 Å². The van der Waals surface area contributed by atoms with Gasteiger partial charge in [0, 0.05) is 27.9 Å². The molecule has 5 aromatic rings. The monoisotopic (exact) mass is 679 g/mol. The predicted octanol–water partition coefficient (Wildman–Crippen LogP) is 14.3. The summed E-state index contributed by atoms with van der Waals surface area (Å²) < 4.78 is 0. The summed E-state index contributed by atoms with van der Waals surface area (Å²) in [5, 5.41) is 0. The average molecular weight is 680 g/mol. The summed E-state index contributed by atoms with van der Waals surface area (Å²) in [6.45, 7) is 4.93. The highest BCUT2D eigenvalue weighted by Crippen LogP contribution is 2.61. The average Bonchev–Trinajstić information content (AvgIpc) is 4.03. The van der Waals surface area contributed by atoms with Crippen LogP contribution in [0.2, 0.25) is 0 Å². The molecule has 1 heteroatoms. The van der Waals surface area contributed by atoms with Crippen LogP contribution in [-0.2, 0) is 10.8 Å². The van der Waals surface area contributed by atoms with E-state index in [2.05, 4.69) is 122 Å². The van der Waals surface area contributed by atoms with E-state index in [1.165, 1.54) is 139 Å². The molecule has 0 heterocycles. The molecule has 1 nitrogen and oxygen atoms in total. The Kier molecular flexibility index (Phi) is 7.07. The van der Waals surface area contributed by atoms with Crippen LogP contribution in [0.1, 0.15) is 143 Å².